The number of carbonyl (C=O) groups is 1. The number of rotatable bonds is 5. The van der Waals surface area contributed by atoms with Gasteiger partial charge >= 0.3 is 0 Å². The molecule has 27 heavy (non-hydrogen) atoms. The smallest absolute Gasteiger partial charge is 0.223 e. The number of hydrogen-bond donors (Lipinski definition) is 0. The lowest BCUT2D eigenvalue weighted by molar-refractivity contribution is -0.133. The van der Waals surface area contributed by atoms with Crippen LogP contribution in [0.25, 0.3) is 10.2 Å². The first-order valence-corrected chi connectivity index (χ1v) is 10.5. The van der Waals surface area contributed by atoms with E-state index in [2.05, 4.69) is 28.1 Å². The van der Waals surface area contributed by atoms with Gasteiger partial charge in [-0.3, -0.25) is 9.69 Å². The van der Waals surface area contributed by atoms with E-state index < -0.39 is 0 Å². The SMILES string of the molecule is O=C(CCc1nc2ccccc2s1)N1CCN(Cc2ccc(Cl)cc2)CC1. The Morgan fingerprint density at radius 3 is 2.52 bits per heavy atom. The maximum absolute atomic E-state index is 12.6. The van der Waals surface area contributed by atoms with Crippen molar-refractivity contribution in [1.29, 1.82) is 0 Å². The van der Waals surface area contributed by atoms with Gasteiger partial charge in [-0.15, -0.1) is 11.3 Å². The summed E-state index contributed by atoms with van der Waals surface area (Å²) in [5.41, 5.74) is 2.29. The second-order valence-corrected chi connectivity index (χ2v) is 8.41. The molecule has 1 aromatic heterocycles. The van der Waals surface area contributed by atoms with Crippen molar-refractivity contribution in [2.24, 2.45) is 0 Å². The summed E-state index contributed by atoms with van der Waals surface area (Å²) in [6.07, 6.45) is 1.26. The first-order chi connectivity index (χ1) is 13.2. The fourth-order valence-electron chi connectivity index (χ4n) is 3.40. The molecule has 3 aromatic rings. The van der Waals surface area contributed by atoms with E-state index in [0.717, 1.165) is 54.7 Å². The molecule has 2 aromatic carbocycles. The molecule has 0 atom stereocenters. The Bertz CT molecular complexity index is 884. The molecule has 1 aliphatic heterocycles. The minimum Gasteiger partial charge on any atom is -0.340 e. The molecular weight excluding hydrogens is 378 g/mol. The quantitative estimate of drug-likeness (QED) is 0.644. The number of para-hydroxylation sites is 1. The molecule has 2 heterocycles. The highest BCUT2D eigenvalue weighted by Gasteiger charge is 2.21. The molecule has 0 aliphatic carbocycles. The summed E-state index contributed by atoms with van der Waals surface area (Å²) in [6.45, 7) is 4.33. The topological polar surface area (TPSA) is 36.4 Å². The van der Waals surface area contributed by atoms with Crippen molar-refractivity contribution in [3.8, 4) is 0 Å². The molecule has 1 saturated heterocycles. The van der Waals surface area contributed by atoms with Gasteiger partial charge in [0.1, 0.15) is 0 Å². The van der Waals surface area contributed by atoms with Crippen molar-refractivity contribution < 1.29 is 4.79 Å². The predicted molar refractivity (Wildman–Crippen MR) is 111 cm³/mol. The van der Waals surface area contributed by atoms with Gasteiger partial charge in [0.2, 0.25) is 5.91 Å². The van der Waals surface area contributed by atoms with Crippen molar-refractivity contribution in [1.82, 2.24) is 14.8 Å². The highest BCUT2D eigenvalue weighted by atomic mass is 35.5. The molecule has 1 fully saturated rings. The van der Waals surface area contributed by atoms with Crippen molar-refractivity contribution in [2.45, 2.75) is 19.4 Å². The monoisotopic (exact) mass is 399 g/mol. The lowest BCUT2D eigenvalue weighted by atomic mass is 10.2. The number of benzene rings is 2. The van der Waals surface area contributed by atoms with Crippen molar-refractivity contribution in [2.75, 3.05) is 26.2 Å². The summed E-state index contributed by atoms with van der Waals surface area (Å²) in [5, 5.41) is 1.81. The van der Waals surface area contributed by atoms with Crippen LogP contribution in [0.4, 0.5) is 0 Å². The Labute approximate surface area is 168 Å². The number of nitrogens with zero attached hydrogens (tertiary/aromatic N) is 3. The van der Waals surface area contributed by atoms with Gasteiger partial charge in [0.25, 0.3) is 0 Å². The zero-order chi connectivity index (χ0) is 18.6. The van der Waals surface area contributed by atoms with E-state index >= 15 is 0 Å². The van der Waals surface area contributed by atoms with Crippen LogP contribution in [0.3, 0.4) is 0 Å². The van der Waals surface area contributed by atoms with E-state index in [-0.39, 0.29) is 5.91 Å². The Morgan fingerprint density at radius 1 is 1.04 bits per heavy atom. The average molecular weight is 400 g/mol. The summed E-state index contributed by atoms with van der Waals surface area (Å²) >= 11 is 7.63. The summed E-state index contributed by atoms with van der Waals surface area (Å²) in [4.78, 5) is 21.6. The van der Waals surface area contributed by atoms with Gasteiger partial charge in [0.05, 0.1) is 15.2 Å². The predicted octanol–water partition coefficient (Wildman–Crippen LogP) is 4.23. The summed E-state index contributed by atoms with van der Waals surface area (Å²) in [7, 11) is 0. The molecule has 1 aliphatic rings. The molecule has 0 saturated carbocycles. The lowest BCUT2D eigenvalue weighted by Gasteiger charge is -2.34. The molecular formula is C21H22ClN3OS. The van der Waals surface area contributed by atoms with Crippen LogP contribution in [0.1, 0.15) is 17.0 Å². The number of thiazole rings is 1. The van der Waals surface area contributed by atoms with E-state index in [1.807, 2.05) is 35.2 Å². The van der Waals surface area contributed by atoms with Crippen LogP contribution in [0.5, 0.6) is 0 Å². The first-order valence-electron chi connectivity index (χ1n) is 9.26. The molecule has 140 valence electrons. The van der Waals surface area contributed by atoms with Crippen molar-refractivity contribution in [3.63, 3.8) is 0 Å². The highest BCUT2D eigenvalue weighted by molar-refractivity contribution is 7.18. The maximum Gasteiger partial charge on any atom is 0.223 e. The Hall–Kier alpha value is -1.95. The molecule has 0 N–H and O–H groups in total. The third-order valence-electron chi connectivity index (χ3n) is 4.94. The van der Waals surface area contributed by atoms with E-state index in [4.69, 9.17) is 11.6 Å². The second kappa shape index (κ2) is 8.38. The minimum absolute atomic E-state index is 0.236. The number of hydrogen-bond acceptors (Lipinski definition) is 4. The molecule has 0 radical (unpaired) electrons. The number of aryl methyl sites for hydroxylation is 1. The average Bonchev–Trinajstić information content (AvgIpc) is 3.11. The van der Waals surface area contributed by atoms with Crippen LogP contribution in [0, 0.1) is 0 Å². The van der Waals surface area contributed by atoms with E-state index in [0.29, 0.717) is 6.42 Å². The number of fused-ring (bicyclic) bond motifs is 1. The fourth-order valence-corrected chi connectivity index (χ4v) is 4.50. The van der Waals surface area contributed by atoms with E-state index in [1.54, 1.807) is 11.3 Å². The van der Waals surface area contributed by atoms with Gasteiger partial charge in [0.15, 0.2) is 0 Å². The normalized spacial score (nSPS) is 15.4. The molecule has 0 spiro atoms. The number of carbonyl (C=O) groups excluding carboxylic acids is 1. The van der Waals surface area contributed by atoms with Crippen LogP contribution >= 0.6 is 22.9 Å². The van der Waals surface area contributed by atoms with Gasteiger partial charge in [-0.2, -0.15) is 0 Å². The zero-order valence-corrected chi connectivity index (χ0v) is 16.7. The van der Waals surface area contributed by atoms with Gasteiger partial charge in [-0.1, -0.05) is 35.9 Å². The maximum atomic E-state index is 12.6. The van der Waals surface area contributed by atoms with Crippen molar-refractivity contribution in [3.05, 3.63) is 64.1 Å². The Balaban J connectivity index is 1.25. The third kappa shape index (κ3) is 4.67. The second-order valence-electron chi connectivity index (χ2n) is 6.86. The summed E-state index contributed by atoms with van der Waals surface area (Å²) in [5.74, 6) is 0.236. The van der Waals surface area contributed by atoms with Crippen LogP contribution in [0.15, 0.2) is 48.5 Å². The summed E-state index contributed by atoms with van der Waals surface area (Å²) < 4.78 is 1.19. The van der Waals surface area contributed by atoms with Gasteiger partial charge in [-0.25, -0.2) is 4.98 Å². The standard InChI is InChI=1S/C21H22ClN3OS/c22-17-7-5-16(6-8-17)15-24-11-13-25(14-12-24)21(26)10-9-20-23-18-3-1-2-4-19(18)27-20/h1-8H,9-15H2. The van der Waals surface area contributed by atoms with Crippen LogP contribution in [-0.4, -0.2) is 46.9 Å². The number of amides is 1. The lowest BCUT2D eigenvalue weighted by Crippen LogP contribution is -2.48. The van der Waals surface area contributed by atoms with E-state index in [9.17, 15) is 4.79 Å². The van der Waals surface area contributed by atoms with Gasteiger partial charge in [-0.05, 0) is 29.8 Å². The number of aromatic nitrogens is 1. The van der Waals surface area contributed by atoms with Crippen molar-refractivity contribution >= 4 is 39.1 Å². The number of halogens is 1. The highest BCUT2D eigenvalue weighted by Crippen LogP contribution is 2.22. The van der Waals surface area contributed by atoms with Gasteiger partial charge in [0, 0.05) is 50.6 Å². The molecule has 0 bridgehead atoms. The molecule has 6 heteroatoms. The molecule has 0 unspecified atom stereocenters. The fraction of sp³-hybridized carbons (Fsp3) is 0.333. The Morgan fingerprint density at radius 2 is 1.78 bits per heavy atom. The first kappa shape index (κ1) is 18.4. The summed E-state index contributed by atoms with van der Waals surface area (Å²) in [6, 6.07) is 16.1. The van der Waals surface area contributed by atoms with E-state index in [1.165, 1.54) is 10.3 Å². The Kier molecular flexibility index (Phi) is 5.72. The number of piperazine rings is 1. The largest absolute Gasteiger partial charge is 0.340 e. The molecule has 4 rings (SSSR count). The van der Waals surface area contributed by atoms with Crippen LogP contribution in [-0.2, 0) is 17.8 Å². The third-order valence-corrected chi connectivity index (χ3v) is 6.28. The zero-order valence-electron chi connectivity index (χ0n) is 15.1. The van der Waals surface area contributed by atoms with Crippen LogP contribution in [0.2, 0.25) is 5.02 Å². The molecule has 4 nitrogen and oxygen atoms in total. The molecule has 1 amide bonds. The van der Waals surface area contributed by atoms with Gasteiger partial charge < -0.3 is 4.90 Å². The van der Waals surface area contributed by atoms with Crippen LogP contribution < -0.4 is 0 Å². The minimum atomic E-state index is 0.236.